The Labute approximate surface area is 109 Å². The first-order chi connectivity index (χ1) is 8.29. The average Bonchev–Trinajstić information content (AvgIpc) is 2.33. The van der Waals surface area contributed by atoms with Crippen LogP contribution < -0.4 is 0 Å². The van der Waals surface area contributed by atoms with Gasteiger partial charge in [-0.2, -0.15) is 0 Å². The van der Waals surface area contributed by atoms with Gasteiger partial charge >= 0.3 is 0 Å². The molecule has 2 rings (SSSR count). The number of methoxy groups -OCH3 is 1. The van der Waals surface area contributed by atoms with E-state index in [4.69, 9.17) is 16.3 Å². The van der Waals surface area contributed by atoms with Gasteiger partial charge in [0.15, 0.2) is 0 Å². The van der Waals surface area contributed by atoms with Gasteiger partial charge in [-0.05, 0) is 36.9 Å². The molecule has 1 fully saturated rings. The standard InChI is InChI=1S/C14H20ClNO/c1-17-11-12-5-4-8-16(9-12)10-13-6-2-3-7-14(13)15/h2-3,6-7,12H,4-5,8-11H2,1H3/t12-/m0/s1. The van der Waals surface area contributed by atoms with Crippen molar-refractivity contribution in [3.63, 3.8) is 0 Å². The first-order valence-electron chi connectivity index (χ1n) is 6.24. The van der Waals surface area contributed by atoms with E-state index in [0.29, 0.717) is 5.92 Å². The van der Waals surface area contributed by atoms with Crippen molar-refractivity contribution in [3.8, 4) is 0 Å². The fraction of sp³-hybridized carbons (Fsp3) is 0.571. The molecule has 0 amide bonds. The van der Waals surface area contributed by atoms with Crippen molar-refractivity contribution in [1.82, 2.24) is 4.90 Å². The second-order valence-corrected chi connectivity index (χ2v) is 5.20. The predicted octanol–water partition coefficient (Wildman–Crippen LogP) is 3.20. The topological polar surface area (TPSA) is 12.5 Å². The van der Waals surface area contributed by atoms with E-state index in [1.54, 1.807) is 7.11 Å². The lowest BCUT2D eigenvalue weighted by molar-refractivity contribution is 0.0874. The number of benzene rings is 1. The number of likely N-dealkylation sites (tertiary alicyclic amines) is 1. The first kappa shape index (κ1) is 12.9. The van der Waals surface area contributed by atoms with Crippen LogP contribution in [0.3, 0.4) is 0 Å². The summed E-state index contributed by atoms with van der Waals surface area (Å²) in [6.07, 6.45) is 2.55. The minimum atomic E-state index is 0.677. The minimum Gasteiger partial charge on any atom is -0.384 e. The molecule has 2 nitrogen and oxygen atoms in total. The van der Waals surface area contributed by atoms with Crippen molar-refractivity contribution in [2.75, 3.05) is 26.8 Å². The fourth-order valence-corrected chi connectivity index (χ4v) is 2.73. The van der Waals surface area contributed by atoms with Crippen LogP contribution in [0.4, 0.5) is 0 Å². The van der Waals surface area contributed by atoms with E-state index in [1.807, 2.05) is 12.1 Å². The van der Waals surface area contributed by atoms with Gasteiger partial charge in [0.1, 0.15) is 0 Å². The Hall–Kier alpha value is -0.570. The first-order valence-corrected chi connectivity index (χ1v) is 6.62. The molecule has 17 heavy (non-hydrogen) atoms. The third-order valence-corrected chi connectivity index (χ3v) is 3.73. The van der Waals surface area contributed by atoms with Crippen LogP contribution in [0, 0.1) is 5.92 Å². The zero-order valence-corrected chi connectivity index (χ0v) is 11.1. The highest BCUT2D eigenvalue weighted by atomic mass is 35.5. The van der Waals surface area contributed by atoms with Crippen LogP contribution in [0.2, 0.25) is 5.02 Å². The summed E-state index contributed by atoms with van der Waals surface area (Å²) < 4.78 is 5.25. The lowest BCUT2D eigenvalue weighted by Gasteiger charge is -2.32. The van der Waals surface area contributed by atoms with Gasteiger partial charge in [0.25, 0.3) is 0 Å². The molecule has 0 radical (unpaired) electrons. The number of ether oxygens (including phenoxy) is 1. The zero-order valence-electron chi connectivity index (χ0n) is 10.4. The van der Waals surface area contributed by atoms with Crippen LogP contribution in [0.25, 0.3) is 0 Å². The van der Waals surface area contributed by atoms with Crippen molar-refractivity contribution in [2.24, 2.45) is 5.92 Å². The van der Waals surface area contributed by atoms with Crippen LogP contribution in [0.1, 0.15) is 18.4 Å². The van der Waals surface area contributed by atoms with Crippen LogP contribution in [-0.4, -0.2) is 31.7 Å². The molecule has 1 aromatic rings. The van der Waals surface area contributed by atoms with E-state index in [9.17, 15) is 0 Å². The fourth-order valence-electron chi connectivity index (χ4n) is 2.53. The van der Waals surface area contributed by atoms with Crippen molar-refractivity contribution in [1.29, 1.82) is 0 Å². The summed E-state index contributed by atoms with van der Waals surface area (Å²) in [4.78, 5) is 2.48. The second-order valence-electron chi connectivity index (χ2n) is 4.79. The Morgan fingerprint density at radius 1 is 1.41 bits per heavy atom. The van der Waals surface area contributed by atoms with E-state index < -0.39 is 0 Å². The molecule has 1 aliphatic heterocycles. The van der Waals surface area contributed by atoms with Crippen molar-refractivity contribution < 1.29 is 4.74 Å². The van der Waals surface area contributed by atoms with Gasteiger partial charge in [0, 0.05) is 25.2 Å². The van der Waals surface area contributed by atoms with Crippen LogP contribution in [0.5, 0.6) is 0 Å². The van der Waals surface area contributed by atoms with E-state index >= 15 is 0 Å². The summed E-state index contributed by atoms with van der Waals surface area (Å²) >= 11 is 6.19. The molecule has 1 aromatic carbocycles. The second kappa shape index (κ2) is 6.39. The summed E-state index contributed by atoms with van der Waals surface area (Å²) in [5.41, 5.74) is 1.23. The molecule has 0 N–H and O–H groups in total. The number of halogens is 1. The SMILES string of the molecule is COC[C@H]1CCCN(Cc2ccccc2Cl)C1. The highest BCUT2D eigenvalue weighted by Crippen LogP contribution is 2.22. The Morgan fingerprint density at radius 3 is 3.00 bits per heavy atom. The van der Waals surface area contributed by atoms with Gasteiger partial charge in [0.2, 0.25) is 0 Å². The molecule has 0 spiro atoms. The molecular formula is C14H20ClNO. The van der Waals surface area contributed by atoms with Gasteiger partial charge in [0.05, 0.1) is 6.61 Å². The molecule has 1 aliphatic rings. The van der Waals surface area contributed by atoms with Gasteiger partial charge in [-0.1, -0.05) is 29.8 Å². The summed E-state index contributed by atoms with van der Waals surface area (Å²) in [6, 6.07) is 8.11. The highest BCUT2D eigenvalue weighted by molar-refractivity contribution is 6.31. The molecule has 0 saturated carbocycles. The van der Waals surface area contributed by atoms with E-state index in [0.717, 1.165) is 24.7 Å². The Balaban J connectivity index is 1.92. The van der Waals surface area contributed by atoms with Crippen molar-refractivity contribution in [2.45, 2.75) is 19.4 Å². The Bertz CT molecular complexity index is 354. The summed E-state index contributed by atoms with van der Waals surface area (Å²) in [6.45, 7) is 4.13. The van der Waals surface area contributed by atoms with Gasteiger partial charge in [-0.15, -0.1) is 0 Å². The molecule has 1 heterocycles. The summed E-state index contributed by atoms with van der Waals surface area (Å²) in [7, 11) is 1.78. The molecule has 1 saturated heterocycles. The van der Waals surface area contributed by atoms with Crippen LogP contribution in [0.15, 0.2) is 24.3 Å². The number of hydrogen-bond donors (Lipinski definition) is 0. The molecule has 0 aliphatic carbocycles. The molecule has 0 aromatic heterocycles. The third kappa shape index (κ3) is 3.70. The number of nitrogens with zero attached hydrogens (tertiary/aromatic N) is 1. The number of rotatable bonds is 4. The monoisotopic (exact) mass is 253 g/mol. The molecule has 0 unspecified atom stereocenters. The van der Waals surface area contributed by atoms with E-state index in [2.05, 4.69) is 17.0 Å². The summed E-state index contributed by atoms with van der Waals surface area (Å²) in [5.74, 6) is 0.677. The predicted molar refractivity (Wildman–Crippen MR) is 71.3 cm³/mol. The average molecular weight is 254 g/mol. The van der Waals surface area contributed by atoms with Gasteiger partial charge in [-0.3, -0.25) is 4.90 Å². The quantitative estimate of drug-likeness (QED) is 0.817. The molecule has 94 valence electrons. The number of piperidine rings is 1. The normalized spacial score (nSPS) is 21.6. The van der Waals surface area contributed by atoms with Crippen molar-refractivity contribution >= 4 is 11.6 Å². The molecule has 3 heteroatoms. The maximum atomic E-state index is 6.19. The van der Waals surface area contributed by atoms with E-state index in [1.165, 1.54) is 24.9 Å². The molecule has 0 bridgehead atoms. The van der Waals surface area contributed by atoms with E-state index in [-0.39, 0.29) is 0 Å². The minimum absolute atomic E-state index is 0.677. The van der Waals surface area contributed by atoms with Crippen LogP contribution >= 0.6 is 11.6 Å². The summed E-state index contributed by atoms with van der Waals surface area (Å²) in [5, 5.41) is 0.876. The molecule has 1 atom stereocenters. The van der Waals surface area contributed by atoms with Gasteiger partial charge < -0.3 is 4.74 Å². The number of hydrogen-bond acceptors (Lipinski definition) is 2. The van der Waals surface area contributed by atoms with Crippen molar-refractivity contribution in [3.05, 3.63) is 34.9 Å². The van der Waals surface area contributed by atoms with Crippen LogP contribution in [-0.2, 0) is 11.3 Å². The lowest BCUT2D eigenvalue weighted by atomic mass is 9.98. The molecular weight excluding hydrogens is 234 g/mol. The zero-order chi connectivity index (χ0) is 12.1. The maximum absolute atomic E-state index is 6.19. The Morgan fingerprint density at radius 2 is 2.24 bits per heavy atom. The van der Waals surface area contributed by atoms with Gasteiger partial charge in [-0.25, -0.2) is 0 Å². The lowest BCUT2D eigenvalue weighted by Crippen LogP contribution is -2.36. The highest BCUT2D eigenvalue weighted by Gasteiger charge is 2.20. The Kier molecular flexibility index (Phi) is 4.84. The maximum Gasteiger partial charge on any atom is 0.0502 e. The largest absolute Gasteiger partial charge is 0.384 e. The third-order valence-electron chi connectivity index (χ3n) is 3.36. The smallest absolute Gasteiger partial charge is 0.0502 e.